The molecule has 0 aromatic heterocycles. The van der Waals surface area contributed by atoms with E-state index in [1.165, 1.54) is 6.07 Å². The third-order valence-corrected chi connectivity index (χ3v) is 7.02. The van der Waals surface area contributed by atoms with Gasteiger partial charge in [-0.15, -0.1) is 0 Å². The largest absolute Gasteiger partial charge is 0.422 e. The highest BCUT2D eigenvalue weighted by molar-refractivity contribution is 5.68. The third-order valence-electron chi connectivity index (χ3n) is 7.02. The summed E-state index contributed by atoms with van der Waals surface area (Å²) in [5.74, 6) is -5.00. The molecule has 0 spiro atoms. The van der Waals surface area contributed by atoms with Crippen molar-refractivity contribution >= 4 is 0 Å². The highest BCUT2D eigenvalue weighted by Crippen LogP contribution is 2.49. The van der Waals surface area contributed by atoms with Gasteiger partial charge in [0.05, 0.1) is 5.56 Å². The lowest BCUT2D eigenvalue weighted by molar-refractivity contribution is -0.142. The molecule has 3 atom stereocenters. The SMILES string of the molecule is CCCC=CC1CCC2c3cc(F)c(-c4cc(F)c(C(F)(F)F)c(F)c4)c(F)c3CCC2C1. The first-order chi connectivity index (χ1) is 15.6. The van der Waals surface area contributed by atoms with Crippen molar-refractivity contribution in [3.63, 3.8) is 0 Å². The Kier molecular flexibility index (Phi) is 6.61. The van der Waals surface area contributed by atoms with Gasteiger partial charge in [0.1, 0.15) is 28.8 Å². The van der Waals surface area contributed by atoms with Crippen molar-refractivity contribution in [1.29, 1.82) is 0 Å². The number of halogens is 7. The fourth-order valence-electron chi connectivity index (χ4n) is 5.50. The summed E-state index contributed by atoms with van der Waals surface area (Å²) in [6.45, 7) is 2.12. The molecule has 2 aliphatic carbocycles. The molecule has 1 saturated carbocycles. The lowest BCUT2D eigenvalue weighted by Crippen LogP contribution is -2.28. The molecule has 0 radical (unpaired) electrons. The minimum Gasteiger partial charge on any atom is -0.206 e. The van der Waals surface area contributed by atoms with Crippen molar-refractivity contribution in [2.24, 2.45) is 11.8 Å². The van der Waals surface area contributed by atoms with Crippen molar-refractivity contribution in [2.75, 3.05) is 0 Å². The standard InChI is InChI=1S/C26H25F7/c1-2-3-4-5-14-6-8-17-15(10-14)7-9-18-19(17)13-20(27)23(25(18)30)16-11-21(28)24(22(29)12-16)26(31,32)33/h4-5,11-15,17H,2-3,6-10H2,1H3. The van der Waals surface area contributed by atoms with E-state index in [2.05, 4.69) is 19.1 Å². The van der Waals surface area contributed by atoms with E-state index in [9.17, 15) is 22.0 Å². The predicted octanol–water partition coefficient (Wildman–Crippen LogP) is 8.73. The van der Waals surface area contributed by atoms with Crippen LogP contribution in [-0.4, -0.2) is 0 Å². The van der Waals surface area contributed by atoms with E-state index < -0.39 is 46.1 Å². The summed E-state index contributed by atoms with van der Waals surface area (Å²) in [6.07, 6.45) is 5.02. The first-order valence-electron chi connectivity index (χ1n) is 11.4. The molecule has 0 N–H and O–H groups in total. The second-order valence-corrected chi connectivity index (χ2v) is 9.12. The molecule has 4 rings (SSSR count). The van der Waals surface area contributed by atoms with Crippen molar-refractivity contribution in [1.82, 2.24) is 0 Å². The summed E-state index contributed by atoms with van der Waals surface area (Å²) in [5.41, 5.74) is -2.46. The van der Waals surface area contributed by atoms with Gasteiger partial charge in [-0.2, -0.15) is 13.2 Å². The van der Waals surface area contributed by atoms with Crippen molar-refractivity contribution < 1.29 is 30.7 Å². The Morgan fingerprint density at radius 1 is 0.939 bits per heavy atom. The minimum atomic E-state index is -5.25. The Bertz CT molecular complexity index is 1040. The van der Waals surface area contributed by atoms with Gasteiger partial charge in [-0.1, -0.05) is 25.5 Å². The molecule has 2 aliphatic rings. The highest BCUT2D eigenvalue weighted by Gasteiger charge is 2.39. The zero-order chi connectivity index (χ0) is 23.9. The number of alkyl halides is 3. The van der Waals surface area contributed by atoms with Crippen LogP contribution in [-0.2, 0) is 12.6 Å². The number of fused-ring (bicyclic) bond motifs is 3. The zero-order valence-electron chi connectivity index (χ0n) is 18.2. The van der Waals surface area contributed by atoms with Crippen LogP contribution in [0.3, 0.4) is 0 Å². The van der Waals surface area contributed by atoms with E-state index in [1.807, 2.05) is 0 Å². The normalized spacial score (nSPS) is 23.0. The molecule has 7 heteroatoms. The first-order valence-corrected chi connectivity index (χ1v) is 11.4. The van der Waals surface area contributed by atoms with E-state index in [0.29, 0.717) is 47.9 Å². The monoisotopic (exact) mass is 470 g/mol. The van der Waals surface area contributed by atoms with E-state index in [-0.39, 0.29) is 5.92 Å². The van der Waals surface area contributed by atoms with Crippen molar-refractivity contribution in [3.8, 4) is 11.1 Å². The summed E-state index contributed by atoms with van der Waals surface area (Å²) in [5, 5.41) is 0. The van der Waals surface area contributed by atoms with Crippen LogP contribution < -0.4 is 0 Å². The van der Waals surface area contributed by atoms with Crippen LogP contribution in [0.4, 0.5) is 30.7 Å². The Labute approximate surface area is 188 Å². The Hall–Kier alpha value is -2.31. The van der Waals surface area contributed by atoms with Crippen molar-refractivity contribution in [2.45, 2.75) is 64.0 Å². The molecule has 3 unspecified atom stereocenters. The van der Waals surface area contributed by atoms with Gasteiger partial charge in [-0.25, -0.2) is 17.6 Å². The van der Waals surface area contributed by atoms with Crippen molar-refractivity contribution in [3.05, 3.63) is 70.3 Å². The summed E-state index contributed by atoms with van der Waals surface area (Å²) >= 11 is 0. The molecule has 2 aromatic rings. The van der Waals surface area contributed by atoms with E-state index >= 15 is 8.78 Å². The van der Waals surface area contributed by atoms with Gasteiger partial charge in [0.25, 0.3) is 0 Å². The zero-order valence-corrected chi connectivity index (χ0v) is 18.2. The molecule has 33 heavy (non-hydrogen) atoms. The lowest BCUT2D eigenvalue weighted by atomic mass is 9.65. The van der Waals surface area contributed by atoms with Gasteiger partial charge >= 0.3 is 6.18 Å². The quantitative estimate of drug-likeness (QED) is 0.310. The third kappa shape index (κ3) is 4.56. The topological polar surface area (TPSA) is 0 Å². The van der Waals surface area contributed by atoms with Crippen LogP contribution in [0.5, 0.6) is 0 Å². The van der Waals surface area contributed by atoms with Gasteiger partial charge in [0.2, 0.25) is 0 Å². The van der Waals surface area contributed by atoms with Crippen LogP contribution in [0.15, 0.2) is 30.4 Å². The molecule has 0 bridgehead atoms. The summed E-state index contributed by atoms with van der Waals surface area (Å²) in [7, 11) is 0. The van der Waals surface area contributed by atoms with E-state index in [1.54, 1.807) is 0 Å². The second kappa shape index (κ2) is 9.15. The summed E-state index contributed by atoms with van der Waals surface area (Å²) in [4.78, 5) is 0. The van der Waals surface area contributed by atoms with E-state index in [4.69, 9.17) is 0 Å². The minimum absolute atomic E-state index is 0.00343. The number of allylic oxidation sites excluding steroid dienone is 2. The molecule has 0 amide bonds. The van der Waals surface area contributed by atoms with Gasteiger partial charge in [-0.05, 0) is 91.2 Å². The van der Waals surface area contributed by atoms with E-state index in [0.717, 1.165) is 32.1 Å². The Morgan fingerprint density at radius 2 is 1.64 bits per heavy atom. The number of hydrogen-bond acceptors (Lipinski definition) is 0. The molecule has 0 aliphatic heterocycles. The van der Waals surface area contributed by atoms with Crippen LogP contribution in [0.1, 0.15) is 68.1 Å². The molecule has 0 nitrogen and oxygen atoms in total. The van der Waals surface area contributed by atoms with Crippen LogP contribution in [0, 0.1) is 35.1 Å². The van der Waals surface area contributed by atoms with Gasteiger partial charge in [0, 0.05) is 0 Å². The molecule has 0 heterocycles. The molecular formula is C26H25F7. The average Bonchev–Trinajstić information content (AvgIpc) is 2.72. The molecule has 0 saturated heterocycles. The number of unbranched alkanes of at least 4 members (excludes halogenated alkanes) is 1. The molecular weight excluding hydrogens is 445 g/mol. The second-order valence-electron chi connectivity index (χ2n) is 9.12. The van der Waals surface area contributed by atoms with Gasteiger partial charge < -0.3 is 0 Å². The lowest BCUT2D eigenvalue weighted by Gasteiger charge is -2.40. The van der Waals surface area contributed by atoms with Crippen LogP contribution in [0.25, 0.3) is 11.1 Å². The Morgan fingerprint density at radius 3 is 2.27 bits per heavy atom. The van der Waals surface area contributed by atoms with Gasteiger partial charge in [0.15, 0.2) is 0 Å². The maximum absolute atomic E-state index is 15.4. The molecule has 178 valence electrons. The smallest absolute Gasteiger partial charge is 0.206 e. The van der Waals surface area contributed by atoms with Crippen LogP contribution >= 0.6 is 0 Å². The molecule has 2 aromatic carbocycles. The molecule has 1 fully saturated rings. The fraction of sp³-hybridized carbons (Fsp3) is 0.462. The number of benzene rings is 2. The highest BCUT2D eigenvalue weighted by atomic mass is 19.4. The number of rotatable bonds is 4. The maximum Gasteiger partial charge on any atom is 0.422 e. The predicted molar refractivity (Wildman–Crippen MR) is 113 cm³/mol. The first kappa shape index (κ1) is 23.8. The Balaban J connectivity index is 1.68. The summed E-state index contributed by atoms with van der Waals surface area (Å²) in [6, 6.07) is 1.91. The number of hydrogen-bond donors (Lipinski definition) is 0. The average molecular weight is 470 g/mol. The fourth-order valence-corrected chi connectivity index (χ4v) is 5.50. The van der Waals surface area contributed by atoms with Crippen LogP contribution in [0.2, 0.25) is 0 Å². The summed E-state index contributed by atoms with van der Waals surface area (Å²) < 4.78 is 97.2. The van der Waals surface area contributed by atoms with Gasteiger partial charge in [-0.3, -0.25) is 0 Å². The maximum atomic E-state index is 15.4.